The van der Waals surface area contributed by atoms with Crippen molar-refractivity contribution < 1.29 is 9.53 Å². The fraction of sp³-hybridized carbons (Fsp3) is 0.400. The van der Waals surface area contributed by atoms with Crippen LogP contribution in [0.15, 0.2) is 30.7 Å². The molecule has 5 heteroatoms. The van der Waals surface area contributed by atoms with Crippen LogP contribution in [-0.4, -0.2) is 27.7 Å². The first-order chi connectivity index (χ1) is 9.63. The molecule has 0 spiro atoms. The largest absolute Gasteiger partial charge is 0.493 e. The molecule has 0 aromatic carbocycles. The van der Waals surface area contributed by atoms with E-state index in [1.807, 2.05) is 26.0 Å². The van der Waals surface area contributed by atoms with Crippen LogP contribution in [0.4, 0.5) is 0 Å². The van der Waals surface area contributed by atoms with Crippen molar-refractivity contribution in [3.8, 4) is 5.75 Å². The van der Waals surface area contributed by atoms with Gasteiger partial charge in [0.1, 0.15) is 5.69 Å². The van der Waals surface area contributed by atoms with Crippen molar-refractivity contribution in [1.82, 2.24) is 14.8 Å². The molecule has 0 aliphatic carbocycles. The molecule has 20 heavy (non-hydrogen) atoms. The summed E-state index contributed by atoms with van der Waals surface area (Å²) >= 11 is 0. The summed E-state index contributed by atoms with van der Waals surface area (Å²) in [5.41, 5.74) is 1.60. The standard InChI is InChI=1S/C15H19N3O2/c1-11(2)18-15(14(20-3)10-17-18)13(19)7-6-12-5-4-8-16-9-12/h4-5,8-11H,6-7H2,1-3H3. The molecular formula is C15H19N3O2. The number of rotatable bonds is 6. The molecule has 0 aliphatic heterocycles. The van der Waals surface area contributed by atoms with E-state index in [1.165, 1.54) is 0 Å². The van der Waals surface area contributed by atoms with E-state index < -0.39 is 0 Å². The summed E-state index contributed by atoms with van der Waals surface area (Å²) in [5.74, 6) is 0.576. The van der Waals surface area contributed by atoms with E-state index in [1.54, 1.807) is 30.4 Å². The van der Waals surface area contributed by atoms with Crippen LogP contribution in [0.2, 0.25) is 0 Å². The average Bonchev–Trinajstić information content (AvgIpc) is 2.90. The molecule has 0 aliphatic rings. The van der Waals surface area contributed by atoms with Gasteiger partial charge in [-0.3, -0.25) is 14.5 Å². The van der Waals surface area contributed by atoms with Gasteiger partial charge in [0, 0.05) is 24.9 Å². The van der Waals surface area contributed by atoms with Gasteiger partial charge < -0.3 is 4.74 Å². The quantitative estimate of drug-likeness (QED) is 0.759. The number of hydrogen-bond donors (Lipinski definition) is 0. The molecule has 0 amide bonds. The van der Waals surface area contributed by atoms with Crippen LogP contribution >= 0.6 is 0 Å². The number of nitrogens with zero attached hydrogens (tertiary/aromatic N) is 3. The molecule has 2 aromatic heterocycles. The van der Waals surface area contributed by atoms with E-state index in [-0.39, 0.29) is 11.8 Å². The number of hydrogen-bond acceptors (Lipinski definition) is 4. The Morgan fingerprint density at radius 3 is 2.80 bits per heavy atom. The Labute approximate surface area is 118 Å². The predicted octanol–water partition coefficient (Wildman–Crippen LogP) is 2.68. The Hall–Kier alpha value is -2.17. The molecule has 0 radical (unpaired) electrons. The average molecular weight is 273 g/mol. The lowest BCUT2D eigenvalue weighted by molar-refractivity contribution is 0.0967. The first-order valence-electron chi connectivity index (χ1n) is 6.67. The van der Waals surface area contributed by atoms with Gasteiger partial charge >= 0.3 is 0 Å². The second kappa shape index (κ2) is 6.32. The number of pyridine rings is 1. The third-order valence-corrected chi connectivity index (χ3v) is 3.10. The molecule has 0 saturated heterocycles. The predicted molar refractivity (Wildman–Crippen MR) is 76.1 cm³/mol. The Bertz CT molecular complexity index is 576. The van der Waals surface area contributed by atoms with E-state index in [2.05, 4.69) is 10.1 Å². The van der Waals surface area contributed by atoms with Gasteiger partial charge in [0.05, 0.1) is 13.3 Å². The molecule has 0 bridgehead atoms. The molecule has 0 atom stereocenters. The molecule has 0 unspecified atom stereocenters. The van der Waals surface area contributed by atoms with Crippen molar-refractivity contribution >= 4 is 5.78 Å². The number of ether oxygens (including phenoxy) is 1. The number of carbonyl (C=O) groups is 1. The molecule has 5 nitrogen and oxygen atoms in total. The molecule has 2 aromatic rings. The van der Waals surface area contributed by atoms with Gasteiger partial charge in [-0.2, -0.15) is 5.10 Å². The highest BCUT2D eigenvalue weighted by molar-refractivity contribution is 5.97. The van der Waals surface area contributed by atoms with E-state index in [0.717, 1.165) is 5.56 Å². The second-order valence-electron chi connectivity index (χ2n) is 4.88. The van der Waals surface area contributed by atoms with Crippen LogP contribution < -0.4 is 4.74 Å². The number of methoxy groups -OCH3 is 1. The molecule has 0 fully saturated rings. The zero-order chi connectivity index (χ0) is 14.5. The zero-order valence-corrected chi connectivity index (χ0v) is 12.0. The van der Waals surface area contributed by atoms with E-state index >= 15 is 0 Å². The van der Waals surface area contributed by atoms with Gasteiger partial charge in [0.2, 0.25) is 0 Å². The first-order valence-corrected chi connectivity index (χ1v) is 6.67. The van der Waals surface area contributed by atoms with Gasteiger partial charge in [-0.1, -0.05) is 6.07 Å². The Balaban J connectivity index is 2.14. The molecule has 106 valence electrons. The SMILES string of the molecule is COc1cnn(C(C)C)c1C(=O)CCc1cccnc1. The number of aryl methyl sites for hydroxylation is 1. The number of Topliss-reactive ketones (excluding diaryl/α,β-unsaturated/α-hetero) is 1. The van der Waals surface area contributed by atoms with Crippen LogP contribution in [0.3, 0.4) is 0 Å². The number of ketones is 1. The summed E-state index contributed by atoms with van der Waals surface area (Å²) in [6, 6.07) is 3.96. The minimum atomic E-state index is 0.0388. The van der Waals surface area contributed by atoms with E-state index in [9.17, 15) is 4.79 Å². The van der Waals surface area contributed by atoms with E-state index in [4.69, 9.17) is 4.74 Å². The number of aromatic nitrogens is 3. The summed E-state index contributed by atoms with van der Waals surface area (Å²) in [6.07, 6.45) is 6.18. The minimum absolute atomic E-state index is 0.0388. The Morgan fingerprint density at radius 1 is 1.40 bits per heavy atom. The van der Waals surface area contributed by atoms with Crippen molar-refractivity contribution in [3.05, 3.63) is 42.0 Å². The topological polar surface area (TPSA) is 57.0 Å². The smallest absolute Gasteiger partial charge is 0.185 e. The fourth-order valence-corrected chi connectivity index (χ4v) is 2.07. The molecule has 0 saturated carbocycles. The van der Waals surface area contributed by atoms with Crippen molar-refractivity contribution in [2.75, 3.05) is 7.11 Å². The minimum Gasteiger partial charge on any atom is -0.493 e. The lowest BCUT2D eigenvalue weighted by Gasteiger charge is -2.11. The van der Waals surface area contributed by atoms with Crippen molar-refractivity contribution in [2.45, 2.75) is 32.7 Å². The third-order valence-electron chi connectivity index (χ3n) is 3.10. The highest BCUT2D eigenvalue weighted by atomic mass is 16.5. The summed E-state index contributed by atoms with van der Waals surface area (Å²) in [5, 5.41) is 4.22. The highest BCUT2D eigenvalue weighted by Gasteiger charge is 2.20. The van der Waals surface area contributed by atoms with Crippen LogP contribution in [0.5, 0.6) is 5.75 Å². The molecule has 2 rings (SSSR count). The van der Waals surface area contributed by atoms with Gasteiger partial charge in [-0.05, 0) is 31.9 Å². The number of carbonyl (C=O) groups excluding carboxylic acids is 1. The van der Waals surface area contributed by atoms with Gasteiger partial charge in [0.25, 0.3) is 0 Å². The second-order valence-corrected chi connectivity index (χ2v) is 4.88. The monoisotopic (exact) mass is 273 g/mol. The Morgan fingerprint density at radius 2 is 2.20 bits per heavy atom. The maximum absolute atomic E-state index is 12.4. The molecule has 0 N–H and O–H groups in total. The summed E-state index contributed by atoms with van der Waals surface area (Å²) < 4.78 is 6.95. The van der Waals surface area contributed by atoms with Crippen LogP contribution in [0.1, 0.15) is 42.4 Å². The normalized spacial score (nSPS) is 10.8. The third kappa shape index (κ3) is 3.04. The van der Waals surface area contributed by atoms with Crippen molar-refractivity contribution in [3.63, 3.8) is 0 Å². The lowest BCUT2D eigenvalue weighted by atomic mass is 10.1. The van der Waals surface area contributed by atoms with Crippen LogP contribution in [0, 0.1) is 0 Å². The zero-order valence-electron chi connectivity index (χ0n) is 12.0. The maximum atomic E-state index is 12.4. The van der Waals surface area contributed by atoms with E-state index in [0.29, 0.717) is 24.3 Å². The molecule has 2 heterocycles. The highest BCUT2D eigenvalue weighted by Crippen LogP contribution is 2.23. The summed E-state index contributed by atoms with van der Waals surface area (Å²) in [4.78, 5) is 16.5. The first kappa shape index (κ1) is 14.2. The van der Waals surface area contributed by atoms with Crippen LogP contribution in [0.25, 0.3) is 0 Å². The molecular weight excluding hydrogens is 254 g/mol. The fourth-order valence-electron chi connectivity index (χ4n) is 2.07. The maximum Gasteiger partial charge on any atom is 0.185 e. The van der Waals surface area contributed by atoms with Crippen molar-refractivity contribution in [2.24, 2.45) is 0 Å². The van der Waals surface area contributed by atoms with Crippen LogP contribution in [-0.2, 0) is 6.42 Å². The Kier molecular flexibility index (Phi) is 4.50. The summed E-state index contributed by atoms with van der Waals surface area (Å²) in [7, 11) is 1.56. The van der Waals surface area contributed by atoms with Crippen molar-refractivity contribution in [1.29, 1.82) is 0 Å². The van der Waals surface area contributed by atoms with Gasteiger partial charge in [0.15, 0.2) is 11.5 Å². The lowest BCUT2D eigenvalue weighted by Crippen LogP contribution is -2.14. The van der Waals surface area contributed by atoms with Gasteiger partial charge in [-0.25, -0.2) is 0 Å². The van der Waals surface area contributed by atoms with Gasteiger partial charge in [-0.15, -0.1) is 0 Å². The summed E-state index contributed by atoms with van der Waals surface area (Å²) in [6.45, 7) is 3.98.